The molecule has 6 aromatic rings. The van der Waals surface area contributed by atoms with Crippen LogP contribution in [-0.2, 0) is 0 Å². The monoisotopic (exact) mass is 1440 g/mol. The van der Waals surface area contributed by atoms with Crippen LogP contribution in [0.25, 0.3) is 31.3 Å². The number of rotatable bonds is 23. The second kappa shape index (κ2) is 32.8. The first-order chi connectivity index (χ1) is 47.5. The molecule has 0 aromatic carbocycles. The highest BCUT2D eigenvalue weighted by atomic mass is 32.1. The summed E-state index contributed by atoms with van der Waals surface area (Å²) in [6.07, 6.45) is 17.3. The fourth-order valence-electron chi connectivity index (χ4n) is 12.5. The Hall–Kier alpha value is -7.56. The standard InChI is InChI=1S/C27H37N5O3S.C24H35N5O3S.C23H33N5O3S/c1-15-12-20(30-21(17-7-8-17)18-9-10-18)28-13-19(15)23-22(26(34)32-11-5-6-16(32)2)31-25(36-23)24(33)29-14-27(3,4)35;1-14(2)27-18-11-15(3)17(12-25-18)20-19(23(31)29-10-8-7-9-16(29)4)28-22(33-20)21(30)26-13-24(5,6)32;1-13(2)26-17-10-14(3)16(11-24-17)19-18(22(30)28-9-7-8-15(28)4)27-21(32-19)20(29)25-12-23(5,6)31/h12-13,16-18,21,35H,5-11,14H2,1-4H3,(H,28,30)(H,29,33);11-12,14,16,32H,7-10,13H2,1-6H3,(H,25,27)(H,26,30);10-11,13,15,31H,7-9,12H2,1-6H3,(H,24,26)(H,25,29)/t2*16-;15-/m000/s1. The van der Waals surface area contributed by atoms with E-state index in [-0.39, 0.29) is 94.0 Å². The molecule has 9 N–H and O–H groups in total. The number of nitrogens with one attached hydrogen (secondary N) is 6. The maximum atomic E-state index is 13.6. The Morgan fingerprint density at radius 2 is 0.743 bits per heavy atom. The van der Waals surface area contributed by atoms with Crippen LogP contribution in [0.1, 0.15) is 238 Å². The highest BCUT2D eigenvalue weighted by Crippen LogP contribution is 2.46. The molecule has 9 heterocycles. The molecular formula is C74H105N15O9S3. The summed E-state index contributed by atoms with van der Waals surface area (Å²) >= 11 is 3.58. The number of hydrogen-bond acceptors (Lipinski definition) is 21. The van der Waals surface area contributed by atoms with Crippen molar-refractivity contribution in [2.45, 2.75) is 234 Å². The maximum absolute atomic E-state index is 13.6. The number of piperidine rings is 1. The SMILES string of the molecule is Cc1cc(NC(C)C)ncc1-c1sc(C(=O)NCC(C)(C)O)nc1C(=O)N1CCCC[C@@H]1C.Cc1cc(NC(C)C)ncc1-c1sc(C(=O)NCC(C)(C)O)nc1C(=O)N1CCC[C@@H]1C.Cc1cc(NC(C2CC2)C2CC2)ncc1-c1sc(C(=O)NCC(C)(C)O)nc1C(=O)N1CCC[C@@H]1C. The van der Waals surface area contributed by atoms with E-state index >= 15 is 0 Å². The molecule has 0 radical (unpaired) electrons. The predicted octanol–water partition coefficient (Wildman–Crippen LogP) is 11.5. The molecule has 3 atom stereocenters. The van der Waals surface area contributed by atoms with Gasteiger partial charge in [-0.15, -0.1) is 34.0 Å². The Labute approximate surface area is 606 Å². The molecule has 5 aliphatic rings. The number of nitrogens with zero attached hydrogens (tertiary/aromatic N) is 9. The van der Waals surface area contributed by atoms with E-state index in [2.05, 4.69) is 70.7 Å². The number of pyridine rings is 3. The first-order valence-electron chi connectivity index (χ1n) is 35.7. The Bertz CT molecular complexity index is 3940. The molecular weight excluding hydrogens is 1340 g/mol. The van der Waals surface area contributed by atoms with Gasteiger partial charge in [-0.25, -0.2) is 29.9 Å². The van der Waals surface area contributed by atoms with Gasteiger partial charge in [0.15, 0.2) is 15.0 Å². The minimum atomic E-state index is -1.04. The van der Waals surface area contributed by atoms with E-state index in [9.17, 15) is 44.1 Å². The molecule has 0 spiro atoms. The van der Waals surface area contributed by atoms with Crippen LogP contribution in [0.15, 0.2) is 36.8 Å². The lowest BCUT2D eigenvalue weighted by molar-refractivity contribution is 0.0628. The molecule has 3 saturated heterocycles. The van der Waals surface area contributed by atoms with E-state index in [0.717, 1.165) is 108 Å². The van der Waals surface area contributed by atoms with E-state index in [1.807, 2.05) is 94.5 Å². The first kappa shape index (κ1) is 77.6. The Morgan fingerprint density at radius 3 is 0.990 bits per heavy atom. The van der Waals surface area contributed by atoms with Gasteiger partial charge in [-0.1, -0.05) is 0 Å². The van der Waals surface area contributed by atoms with E-state index in [0.29, 0.717) is 46.0 Å². The number of thiazole rings is 3. The Morgan fingerprint density at radius 1 is 0.455 bits per heavy atom. The lowest BCUT2D eigenvalue weighted by atomic mass is 10.0. The third-order valence-electron chi connectivity index (χ3n) is 18.3. The fraction of sp³-hybridized carbons (Fsp3) is 0.595. The summed E-state index contributed by atoms with van der Waals surface area (Å²) in [5, 5.41) is 48.9. The van der Waals surface area contributed by atoms with Crippen molar-refractivity contribution in [1.82, 2.24) is 60.6 Å². The third-order valence-corrected chi connectivity index (χ3v) is 21.6. The smallest absolute Gasteiger partial charge is 0.280 e. The number of aromatic nitrogens is 6. The molecule has 6 amide bonds. The number of aliphatic hydroxyl groups is 3. The molecule has 0 bridgehead atoms. The highest BCUT2D eigenvalue weighted by molar-refractivity contribution is 7.18. The molecule has 27 heteroatoms. The minimum absolute atomic E-state index is 0.0866. The van der Waals surface area contributed by atoms with Crippen molar-refractivity contribution in [3.05, 3.63) is 85.6 Å². The van der Waals surface area contributed by atoms with E-state index in [4.69, 9.17) is 4.98 Å². The molecule has 0 unspecified atom stereocenters. The van der Waals surface area contributed by atoms with Gasteiger partial charge in [0, 0.05) is 111 Å². The van der Waals surface area contributed by atoms with Crippen molar-refractivity contribution < 1.29 is 44.1 Å². The fourth-order valence-corrected chi connectivity index (χ4v) is 15.7. The second-order valence-electron chi connectivity index (χ2n) is 30.5. The highest BCUT2D eigenvalue weighted by Gasteiger charge is 2.42. The number of hydrogen-bond donors (Lipinski definition) is 9. The van der Waals surface area contributed by atoms with Gasteiger partial charge in [0.2, 0.25) is 0 Å². The zero-order valence-electron chi connectivity index (χ0n) is 61.6. The molecule has 548 valence electrons. The van der Waals surface area contributed by atoms with Crippen LogP contribution in [0.3, 0.4) is 0 Å². The van der Waals surface area contributed by atoms with Crippen LogP contribution >= 0.6 is 34.0 Å². The quantitative estimate of drug-likeness (QED) is 0.0288. The van der Waals surface area contributed by atoms with Crippen molar-refractivity contribution in [3.63, 3.8) is 0 Å². The summed E-state index contributed by atoms with van der Waals surface area (Å²) in [6.45, 7) is 32.3. The van der Waals surface area contributed by atoms with E-state index in [1.54, 1.807) is 53.9 Å². The summed E-state index contributed by atoms with van der Waals surface area (Å²) in [5.41, 5.74) is 3.03. The van der Waals surface area contributed by atoms with Gasteiger partial charge in [-0.05, 0) is 228 Å². The predicted molar refractivity (Wildman–Crippen MR) is 400 cm³/mol. The summed E-state index contributed by atoms with van der Waals surface area (Å²) in [5.74, 6) is 2.25. The number of likely N-dealkylation sites (tertiary alicyclic amines) is 3. The van der Waals surface area contributed by atoms with Gasteiger partial charge < -0.3 is 61.9 Å². The number of anilines is 3. The van der Waals surface area contributed by atoms with Gasteiger partial charge in [0.1, 0.15) is 34.5 Å². The average molecular weight is 1440 g/mol. The lowest BCUT2D eigenvalue weighted by Gasteiger charge is -2.33. The van der Waals surface area contributed by atoms with Crippen LogP contribution in [-0.4, -0.2) is 188 Å². The van der Waals surface area contributed by atoms with Gasteiger partial charge in [0.25, 0.3) is 35.4 Å². The van der Waals surface area contributed by atoms with Crippen LogP contribution < -0.4 is 31.9 Å². The van der Waals surface area contributed by atoms with Crippen LogP contribution in [0.2, 0.25) is 0 Å². The molecule has 24 nitrogen and oxygen atoms in total. The normalized spacial score (nSPS) is 17.9. The molecule has 6 aromatic heterocycles. The molecule has 5 fully saturated rings. The number of carbonyl (C=O) groups excluding carboxylic acids is 6. The second-order valence-corrected chi connectivity index (χ2v) is 33.5. The summed E-state index contributed by atoms with van der Waals surface area (Å²) < 4.78 is 0. The van der Waals surface area contributed by atoms with Gasteiger partial charge in [-0.3, -0.25) is 28.8 Å². The molecule has 11 rings (SSSR count). The van der Waals surface area contributed by atoms with Crippen LogP contribution in [0, 0.1) is 32.6 Å². The maximum Gasteiger partial charge on any atom is 0.280 e. The van der Waals surface area contributed by atoms with E-state index < -0.39 is 34.5 Å². The molecule has 101 heavy (non-hydrogen) atoms. The van der Waals surface area contributed by atoms with Crippen molar-refractivity contribution >= 4 is 86.9 Å². The summed E-state index contributed by atoms with van der Waals surface area (Å²) in [6, 6.07) is 7.35. The van der Waals surface area contributed by atoms with Gasteiger partial charge >= 0.3 is 0 Å². The lowest BCUT2D eigenvalue weighted by Crippen LogP contribution is -2.42. The third kappa shape index (κ3) is 20.8. The zero-order chi connectivity index (χ0) is 73.6. The number of amides is 6. The summed E-state index contributed by atoms with van der Waals surface area (Å²) in [7, 11) is 0. The summed E-state index contributed by atoms with van der Waals surface area (Å²) in [4.78, 5) is 114. The van der Waals surface area contributed by atoms with Gasteiger partial charge in [-0.2, -0.15) is 0 Å². The number of aryl methyl sites for hydroxylation is 3. The largest absolute Gasteiger partial charge is 0.389 e. The molecule has 2 aliphatic carbocycles. The Balaban J connectivity index is 0.000000177. The van der Waals surface area contributed by atoms with Crippen molar-refractivity contribution in [1.29, 1.82) is 0 Å². The van der Waals surface area contributed by atoms with Crippen molar-refractivity contribution in [2.24, 2.45) is 11.8 Å². The number of carbonyl (C=O) groups is 6. The topological polar surface area (TPSA) is 322 Å². The zero-order valence-corrected chi connectivity index (χ0v) is 64.1. The van der Waals surface area contributed by atoms with Crippen LogP contribution in [0.5, 0.6) is 0 Å². The van der Waals surface area contributed by atoms with Crippen molar-refractivity contribution in [2.75, 3.05) is 55.2 Å². The minimum Gasteiger partial charge on any atom is -0.389 e. The average Bonchev–Trinajstić information content (AvgIpc) is 1.67. The first-order valence-corrected chi connectivity index (χ1v) is 38.2. The van der Waals surface area contributed by atoms with Gasteiger partial charge in [0.05, 0.1) is 31.4 Å². The van der Waals surface area contributed by atoms with Crippen molar-refractivity contribution in [3.8, 4) is 31.3 Å². The Kier molecular flexibility index (Phi) is 25.2. The van der Waals surface area contributed by atoms with Crippen LogP contribution in [0.4, 0.5) is 17.5 Å². The molecule has 3 aliphatic heterocycles. The molecule has 2 saturated carbocycles. The van der Waals surface area contributed by atoms with E-state index in [1.165, 1.54) is 59.7 Å².